The maximum Gasteiger partial charge on any atom is 0.503 e. The SMILES string of the molecule is O=C(O)O.O=[N+]([O-])O[C@@H]1CCC[C@H]1F. The van der Waals surface area contributed by atoms with Gasteiger partial charge in [-0.1, -0.05) is 0 Å². The molecule has 0 aromatic rings. The zero-order valence-electron chi connectivity index (χ0n) is 7.13. The summed E-state index contributed by atoms with van der Waals surface area (Å²) in [6.07, 6.45) is -2.26. The van der Waals surface area contributed by atoms with Gasteiger partial charge in [0.2, 0.25) is 0 Å². The average Bonchev–Trinajstić information content (AvgIpc) is 2.34. The minimum atomic E-state index is -1.83. The van der Waals surface area contributed by atoms with E-state index >= 15 is 0 Å². The van der Waals surface area contributed by atoms with Crippen molar-refractivity contribution >= 4 is 6.16 Å². The molecule has 2 N–H and O–H groups in total. The van der Waals surface area contributed by atoms with Crippen LogP contribution in [0.3, 0.4) is 0 Å². The van der Waals surface area contributed by atoms with Crippen LogP contribution in [0.4, 0.5) is 9.18 Å². The highest BCUT2D eigenvalue weighted by Crippen LogP contribution is 2.24. The number of carbonyl (C=O) groups is 1. The van der Waals surface area contributed by atoms with E-state index in [1.165, 1.54) is 0 Å². The molecule has 0 unspecified atom stereocenters. The fourth-order valence-electron chi connectivity index (χ4n) is 1.11. The Morgan fingerprint density at radius 2 is 2.00 bits per heavy atom. The van der Waals surface area contributed by atoms with Crippen LogP contribution in [0.5, 0.6) is 0 Å². The van der Waals surface area contributed by atoms with Crippen molar-refractivity contribution in [2.45, 2.75) is 31.5 Å². The molecule has 1 rings (SSSR count). The highest BCUT2D eigenvalue weighted by atomic mass is 19.1. The minimum absolute atomic E-state index is 0.387. The molecule has 0 spiro atoms. The molecular weight excluding hydrogens is 201 g/mol. The highest BCUT2D eigenvalue weighted by molar-refractivity contribution is 5.53. The van der Waals surface area contributed by atoms with Gasteiger partial charge < -0.3 is 15.1 Å². The summed E-state index contributed by atoms with van der Waals surface area (Å²) in [7, 11) is 0. The van der Waals surface area contributed by atoms with Gasteiger partial charge in [0.15, 0.2) is 0 Å². The Hall–Kier alpha value is -1.60. The quantitative estimate of drug-likeness (QED) is 0.526. The predicted molar refractivity (Wildman–Crippen MR) is 41.3 cm³/mol. The average molecular weight is 211 g/mol. The zero-order valence-corrected chi connectivity index (χ0v) is 7.13. The van der Waals surface area contributed by atoms with Crippen LogP contribution in [-0.2, 0) is 4.84 Å². The Balaban J connectivity index is 0.000000364. The summed E-state index contributed by atoms with van der Waals surface area (Å²) < 4.78 is 12.5. The normalized spacial score (nSPS) is 24.6. The predicted octanol–water partition coefficient (Wildman–Crippen LogP) is 1.31. The Kier molecular flexibility index (Phi) is 5.27. The minimum Gasteiger partial charge on any atom is -0.450 e. The van der Waals surface area contributed by atoms with Gasteiger partial charge in [0, 0.05) is 0 Å². The van der Waals surface area contributed by atoms with Crippen LogP contribution in [0.1, 0.15) is 19.3 Å². The first-order chi connectivity index (χ1) is 6.43. The van der Waals surface area contributed by atoms with Gasteiger partial charge in [-0.25, -0.2) is 9.18 Å². The third-order valence-corrected chi connectivity index (χ3v) is 1.59. The van der Waals surface area contributed by atoms with E-state index in [0.29, 0.717) is 19.3 Å². The molecule has 1 saturated carbocycles. The van der Waals surface area contributed by atoms with E-state index in [0.717, 1.165) is 0 Å². The number of hydrogen-bond acceptors (Lipinski definition) is 4. The summed E-state index contributed by atoms with van der Waals surface area (Å²) in [5, 5.41) is 22.7. The molecule has 14 heavy (non-hydrogen) atoms. The summed E-state index contributed by atoms with van der Waals surface area (Å²) in [5.74, 6) is 0. The molecular formula is C6H10FNO6. The summed E-state index contributed by atoms with van der Waals surface area (Å²) in [6.45, 7) is 0. The van der Waals surface area contributed by atoms with E-state index in [4.69, 9.17) is 15.0 Å². The third kappa shape index (κ3) is 5.98. The molecule has 1 aliphatic rings. The molecule has 8 heteroatoms. The molecule has 1 aliphatic carbocycles. The smallest absolute Gasteiger partial charge is 0.450 e. The second-order valence-corrected chi connectivity index (χ2v) is 2.60. The van der Waals surface area contributed by atoms with Gasteiger partial charge >= 0.3 is 6.16 Å². The lowest BCUT2D eigenvalue weighted by atomic mass is 10.3. The second-order valence-electron chi connectivity index (χ2n) is 2.60. The molecule has 0 aromatic heterocycles. The molecule has 0 aliphatic heterocycles. The summed E-state index contributed by atoms with van der Waals surface area (Å²) in [5.41, 5.74) is 0. The van der Waals surface area contributed by atoms with E-state index in [2.05, 4.69) is 4.84 Å². The largest absolute Gasteiger partial charge is 0.503 e. The standard InChI is InChI=1S/C5H8FNO3.CH2O3/c6-4-2-1-3-5(4)10-7(8)9;2-1(3)4/h4-5H,1-3H2;(H2,2,3,4)/t4-,5-;/m1./s1. The molecule has 82 valence electrons. The third-order valence-electron chi connectivity index (χ3n) is 1.59. The molecule has 0 aromatic carbocycles. The topological polar surface area (TPSA) is 110 Å². The van der Waals surface area contributed by atoms with Gasteiger partial charge in [-0.05, 0) is 19.3 Å². The van der Waals surface area contributed by atoms with Gasteiger partial charge in [0.25, 0.3) is 5.09 Å². The first kappa shape index (κ1) is 12.4. The molecule has 0 heterocycles. The maximum absolute atomic E-state index is 12.5. The van der Waals surface area contributed by atoms with Crippen LogP contribution in [-0.4, -0.2) is 33.7 Å². The van der Waals surface area contributed by atoms with Crippen molar-refractivity contribution < 1.29 is 29.3 Å². The number of halogens is 1. The number of carboxylic acid groups (broad SMARTS) is 2. The summed E-state index contributed by atoms with van der Waals surface area (Å²) >= 11 is 0. The lowest BCUT2D eigenvalue weighted by Gasteiger charge is -2.08. The number of hydrogen-bond donors (Lipinski definition) is 2. The van der Waals surface area contributed by atoms with Crippen molar-refractivity contribution in [1.29, 1.82) is 0 Å². The lowest BCUT2D eigenvalue weighted by Crippen LogP contribution is -2.22. The molecule has 1 fully saturated rings. The number of nitrogens with zero attached hydrogens (tertiary/aromatic N) is 1. The maximum atomic E-state index is 12.5. The molecule has 0 bridgehead atoms. The van der Waals surface area contributed by atoms with Crippen molar-refractivity contribution in [3.63, 3.8) is 0 Å². The second kappa shape index (κ2) is 5.95. The van der Waals surface area contributed by atoms with Gasteiger partial charge in [-0.15, -0.1) is 10.1 Å². The van der Waals surface area contributed by atoms with Gasteiger partial charge in [0.05, 0.1) is 0 Å². The van der Waals surface area contributed by atoms with Crippen LogP contribution in [0.25, 0.3) is 0 Å². The number of rotatable bonds is 2. The molecule has 0 radical (unpaired) electrons. The fraction of sp³-hybridized carbons (Fsp3) is 0.833. The van der Waals surface area contributed by atoms with E-state index in [-0.39, 0.29) is 0 Å². The van der Waals surface area contributed by atoms with E-state index in [9.17, 15) is 14.5 Å². The van der Waals surface area contributed by atoms with Crippen LogP contribution in [0, 0.1) is 10.1 Å². The van der Waals surface area contributed by atoms with Crippen LogP contribution < -0.4 is 0 Å². The molecule has 0 amide bonds. The summed E-state index contributed by atoms with van der Waals surface area (Å²) in [4.78, 5) is 22.3. The first-order valence-electron chi connectivity index (χ1n) is 3.80. The number of alkyl halides is 1. The Labute approximate surface area is 78.2 Å². The van der Waals surface area contributed by atoms with E-state index in [1.807, 2.05) is 0 Å². The first-order valence-corrected chi connectivity index (χ1v) is 3.80. The van der Waals surface area contributed by atoms with Gasteiger partial charge in [-0.2, -0.15) is 0 Å². The van der Waals surface area contributed by atoms with Crippen molar-refractivity contribution in [3.8, 4) is 0 Å². The van der Waals surface area contributed by atoms with E-state index in [1.54, 1.807) is 0 Å². The lowest BCUT2D eigenvalue weighted by molar-refractivity contribution is -0.769. The van der Waals surface area contributed by atoms with Crippen LogP contribution in [0.2, 0.25) is 0 Å². The van der Waals surface area contributed by atoms with Crippen molar-refractivity contribution in [1.82, 2.24) is 0 Å². The van der Waals surface area contributed by atoms with Gasteiger partial charge in [-0.3, -0.25) is 0 Å². The monoisotopic (exact) mass is 211 g/mol. The fourth-order valence-corrected chi connectivity index (χ4v) is 1.11. The van der Waals surface area contributed by atoms with Crippen molar-refractivity contribution in [2.24, 2.45) is 0 Å². The molecule has 7 nitrogen and oxygen atoms in total. The molecule has 0 saturated heterocycles. The van der Waals surface area contributed by atoms with Crippen molar-refractivity contribution in [3.05, 3.63) is 10.1 Å². The Morgan fingerprint density at radius 1 is 1.50 bits per heavy atom. The van der Waals surface area contributed by atoms with Crippen molar-refractivity contribution in [2.75, 3.05) is 0 Å². The highest BCUT2D eigenvalue weighted by Gasteiger charge is 2.29. The van der Waals surface area contributed by atoms with Crippen LogP contribution >= 0.6 is 0 Å². The Morgan fingerprint density at radius 3 is 2.29 bits per heavy atom. The summed E-state index contributed by atoms with van der Waals surface area (Å²) in [6, 6.07) is 0. The Bertz CT molecular complexity index is 206. The zero-order chi connectivity index (χ0) is 11.1. The van der Waals surface area contributed by atoms with Gasteiger partial charge in [0.1, 0.15) is 12.3 Å². The van der Waals surface area contributed by atoms with Crippen LogP contribution in [0.15, 0.2) is 0 Å². The van der Waals surface area contributed by atoms with E-state index < -0.39 is 23.5 Å². The molecule has 2 atom stereocenters.